The molecule has 1 heterocycles. The van der Waals surface area contributed by atoms with Gasteiger partial charge in [-0.05, 0) is 6.07 Å². The van der Waals surface area contributed by atoms with Crippen molar-refractivity contribution >= 4 is 17.3 Å². The second-order valence-corrected chi connectivity index (χ2v) is 3.25. The molecule has 0 bridgehead atoms. The number of rotatable bonds is 2. The quantitative estimate of drug-likeness (QED) is 0.520. The lowest BCUT2D eigenvalue weighted by atomic mass is 10.2. The lowest BCUT2D eigenvalue weighted by Crippen LogP contribution is -2.28. The summed E-state index contributed by atoms with van der Waals surface area (Å²) in [5, 5.41) is 21.0. The van der Waals surface area contributed by atoms with Crippen LogP contribution in [0.1, 0.15) is 0 Å². The van der Waals surface area contributed by atoms with E-state index < -0.39 is 10.8 Å². The Morgan fingerprint density at radius 1 is 1.50 bits per heavy atom. The third-order valence-corrected chi connectivity index (χ3v) is 2.19. The second-order valence-electron chi connectivity index (χ2n) is 3.25. The van der Waals surface area contributed by atoms with Crippen LogP contribution in [0.15, 0.2) is 23.2 Å². The van der Waals surface area contributed by atoms with Crippen molar-refractivity contribution in [3.05, 3.63) is 38.9 Å². The number of hydroxylamine groups is 2. The lowest BCUT2D eigenvalue weighted by molar-refractivity contribution is -0.385. The van der Waals surface area contributed by atoms with Crippen LogP contribution in [0.3, 0.4) is 0 Å². The van der Waals surface area contributed by atoms with E-state index in [1.165, 1.54) is 25.2 Å². The van der Waals surface area contributed by atoms with E-state index in [0.29, 0.717) is 10.4 Å². The Bertz CT molecular complexity index is 606. The van der Waals surface area contributed by atoms with Gasteiger partial charge in [0.1, 0.15) is 5.70 Å². The van der Waals surface area contributed by atoms with E-state index in [-0.39, 0.29) is 16.6 Å². The molecule has 82 valence electrons. The van der Waals surface area contributed by atoms with E-state index in [1.807, 2.05) is 0 Å². The smallest absolute Gasteiger partial charge is 0.288 e. The predicted octanol–water partition coefficient (Wildman–Crippen LogP) is -0.816. The molecule has 0 unspecified atom stereocenters. The van der Waals surface area contributed by atoms with Crippen molar-refractivity contribution in [1.29, 1.82) is 0 Å². The number of carbonyl (C=O) groups is 1. The number of nitro groups is 1. The summed E-state index contributed by atoms with van der Waals surface area (Å²) < 4.78 is 0. The third-order valence-electron chi connectivity index (χ3n) is 2.19. The molecular weight excluding hydrogens is 214 g/mol. The molecule has 1 aromatic carbocycles. The molecule has 7 nitrogen and oxygen atoms in total. The van der Waals surface area contributed by atoms with Crippen LogP contribution in [0.25, 0.3) is 5.70 Å². The molecule has 1 aliphatic rings. The van der Waals surface area contributed by atoms with Gasteiger partial charge >= 0.3 is 0 Å². The van der Waals surface area contributed by atoms with Crippen LogP contribution in [0.2, 0.25) is 0 Å². The fourth-order valence-electron chi connectivity index (χ4n) is 1.52. The molecule has 0 saturated carbocycles. The van der Waals surface area contributed by atoms with Gasteiger partial charge in [-0.1, -0.05) is 0 Å². The molecule has 16 heavy (non-hydrogen) atoms. The Kier molecular flexibility index (Phi) is 2.17. The van der Waals surface area contributed by atoms with E-state index in [2.05, 4.69) is 4.99 Å². The van der Waals surface area contributed by atoms with Crippen LogP contribution in [-0.2, 0) is 4.79 Å². The summed E-state index contributed by atoms with van der Waals surface area (Å²) in [6.45, 7) is 0. The zero-order valence-electron chi connectivity index (χ0n) is 8.25. The van der Waals surface area contributed by atoms with Crippen molar-refractivity contribution < 1.29 is 14.9 Å². The minimum Gasteiger partial charge on any atom is -0.288 e. The highest BCUT2D eigenvalue weighted by Crippen LogP contribution is 2.08. The molecule has 1 aromatic rings. The summed E-state index contributed by atoms with van der Waals surface area (Å²) in [4.78, 5) is 25.0. The zero-order chi connectivity index (χ0) is 11.9. The van der Waals surface area contributed by atoms with E-state index >= 15 is 0 Å². The van der Waals surface area contributed by atoms with Crippen molar-refractivity contribution in [3.63, 3.8) is 0 Å². The van der Waals surface area contributed by atoms with Crippen molar-refractivity contribution in [2.75, 3.05) is 7.05 Å². The van der Waals surface area contributed by atoms with Gasteiger partial charge in [-0.3, -0.25) is 25.2 Å². The Morgan fingerprint density at radius 3 is 2.75 bits per heavy atom. The maximum Gasteiger partial charge on any atom is 0.296 e. The van der Waals surface area contributed by atoms with Crippen LogP contribution < -0.4 is 10.6 Å². The Labute approximate surface area is 89.0 Å². The summed E-state index contributed by atoms with van der Waals surface area (Å²) in [6, 6.07) is 3.85. The fourth-order valence-corrected chi connectivity index (χ4v) is 1.52. The van der Waals surface area contributed by atoms with Gasteiger partial charge in [0, 0.05) is 24.4 Å². The van der Waals surface area contributed by atoms with E-state index in [9.17, 15) is 20.1 Å². The topological polar surface area (TPSA) is 96.0 Å². The number of non-ortho nitro benzene ring substituents is 1. The van der Waals surface area contributed by atoms with Crippen LogP contribution >= 0.6 is 0 Å². The molecule has 2 rings (SSSR count). The summed E-state index contributed by atoms with van der Waals surface area (Å²) in [6.07, 6.45) is 0. The largest absolute Gasteiger partial charge is 0.296 e. The van der Waals surface area contributed by atoms with Crippen molar-refractivity contribution in [2.24, 2.45) is 4.99 Å². The number of amides is 1. The highest BCUT2D eigenvalue weighted by Gasteiger charge is 2.21. The van der Waals surface area contributed by atoms with Crippen LogP contribution in [-0.4, -0.2) is 28.1 Å². The van der Waals surface area contributed by atoms with Crippen LogP contribution in [0.5, 0.6) is 0 Å². The third kappa shape index (κ3) is 1.43. The van der Waals surface area contributed by atoms with Gasteiger partial charge in [-0.25, -0.2) is 4.99 Å². The molecule has 0 aliphatic carbocycles. The molecule has 1 aliphatic heterocycles. The standard InChI is InChI=1S/C9H7N3O4/c1-11(14)8-6-4-5(12(15)16)2-3-7(6)10-9(8)13/h2-4,14H,1H3. The van der Waals surface area contributed by atoms with E-state index in [4.69, 9.17) is 0 Å². The zero-order valence-corrected chi connectivity index (χ0v) is 8.25. The molecule has 7 heteroatoms. The number of nitro benzene ring substituents is 1. The Balaban J connectivity index is 2.80. The minimum absolute atomic E-state index is 0.0568. The lowest BCUT2D eigenvalue weighted by Gasteiger charge is -2.08. The molecule has 1 N–H and O–H groups in total. The summed E-state index contributed by atoms with van der Waals surface area (Å²) in [5.74, 6) is -0.611. The molecule has 0 atom stereocenters. The molecule has 0 saturated heterocycles. The second kappa shape index (κ2) is 3.38. The van der Waals surface area contributed by atoms with Crippen LogP contribution in [0.4, 0.5) is 5.69 Å². The van der Waals surface area contributed by atoms with Gasteiger partial charge in [-0.15, -0.1) is 0 Å². The summed E-state index contributed by atoms with van der Waals surface area (Å²) in [7, 11) is 1.26. The SMILES string of the molecule is CN(O)C1=c2cc([N+](=O)[O-])ccc2=NC1=O. The number of nitrogens with zero attached hydrogens (tertiary/aromatic N) is 3. The first-order valence-electron chi connectivity index (χ1n) is 4.35. The van der Waals surface area contributed by atoms with Crippen molar-refractivity contribution in [3.8, 4) is 0 Å². The van der Waals surface area contributed by atoms with E-state index in [0.717, 1.165) is 0 Å². The number of hydrogen-bond donors (Lipinski definition) is 1. The maximum atomic E-state index is 11.4. The molecule has 0 aromatic heterocycles. The van der Waals surface area contributed by atoms with Crippen molar-refractivity contribution in [2.45, 2.75) is 0 Å². The van der Waals surface area contributed by atoms with Crippen LogP contribution in [0, 0.1) is 10.1 Å². The summed E-state index contributed by atoms with van der Waals surface area (Å²) in [5.41, 5.74) is -0.207. The normalized spacial score (nSPS) is 13.4. The molecule has 0 radical (unpaired) electrons. The molecule has 0 spiro atoms. The number of fused-ring (bicyclic) bond motifs is 1. The number of benzene rings is 1. The monoisotopic (exact) mass is 221 g/mol. The van der Waals surface area contributed by atoms with Gasteiger partial charge in [0.25, 0.3) is 11.6 Å². The average molecular weight is 221 g/mol. The van der Waals surface area contributed by atoms with E-state index in [1.54, 1.807) is 0 Å². The van der Waals surface area contributed by atoms with Gasteiger partial charge in [0.15, 0.2) is 0 Å². The highest BCUT2D eigenvalue weighted by molar-refractivity contribution is 6.14. The molecular formula is C9H7N3O4. The number of hydrogen-bond acceptors (Lipinski definition) is 5. The van der Waals surface area contributed by atoms with Gasteiger partial charge in [0.2, 0.25) is 0 Å². The minimum atomic E-state index is -0.611. The molecule has 0 fully saturated rings. The Morgan fingerprint density at radius 2 is 2.19 bits per heavy atom. The first-order chi connectivity index (χ1) is 7.50. The molecule has 1 amide bonds. The first-order valence-corrected chi connectivity index (χ1v) is 4.35. The Hall–Kier alpha value is -2.28. The fraction of sp³-hybridized carbons (Fsp3) is 0.111. The average Bonchev–Trinajstić information content (AvgIpc) is 2.51. The first kappa shape index (κ1) is 10.2. The predicted molar refractivity (Wildman–Crippen MR) is 51.8 cm³/mol. The van der Waals surface area contributed by atoms with Crippen molar-refractivity contribution in [1.82, 2.24) is 5.06 Å². The summed E-state index contributed by atoms with van der Waals surface area (Å²) >= 11 is 0. The number of carbonyl (C=O) groups excluding carboxylic acids is 1. The van der Waals surface area contributed by atoms with Gasteiger partial charge in [0.05, 0.1) is 10.3 Å². The van der Waals surface area contributed by atoms with Gasteiger partial charge in [-0.2, -0.15) is 0 Å². The maximum absolute atomic E-state index is 11.4. The highest BCUT2D eigenvalue weighted by atomic mass is 16.6. The number of likely N-dealkylation sites (N-methyl/N-ethyl adjacent to an activating group) is 1. The van der Waals surface area contributed by atoms with Gasteiger partial charge < -0.3 is 0 Å².